The lowest BCUT2D eigenvalue weighted by Gasteiger charge is -1.99. The molecule has 2 rings (SSSR count). The van der Waals surface area contributed by atoms with Gasteiger partial charge in [0.15, 0.2) is 0 Å². The molecule has 0 aliphatic rings. The maximum Gasteiger partial charge on any atom is 0.0881 e. The van der Waals surface area contributed by atoms with Gasteiger partial charge in [-0.05, 0) is 31.5 Å². The summed E-state index contributed by atoms with van der Waals surface area (Å²) in [7, 11) is 0. The highest BCUT2D eigenvalue weighted by Crippen LogP contribution is 2.13. The van der Waals surface area contributed by atoms with E-state index in [1.54, 1.807) is 0 Å². The van der Waals surface area contributed by atoms with E-state index in [-0.39, 0.29) is 0 Å². The van der Waals surface area contributed by atoms with Crippen LogP contribution in [0.25, 0.3) is 11.0 Å². The van der Waals surface area contributed by atoms with Crippen molar-refractivity contribution in [2.24, 2.45) is 0 Å². The molecule has 2 aromatic heterocycles. The van der Waals surface area contributed by atoms with Gasteiger partial charge in [-0.3, -0.25) is 4.98 Å². The number of aryl methyl sites for hydroxylation is 2. The van der Waals surface area contributed by atoms with Crippen LogP contribution in [0, 0.1) is 6.92 Å². The Morgan fingerprint density at radius 2 is 2.07 bits per heavy atom. The van der Waals surface area contributed by atoms with Gasteiger partial charge in [0.2, 0.25) is 0 Å². The molecule has 2 nitrogen and oxygen atoms in total. The summed E-state index contributed by atoms with van der Waals surface area (Å²) in [6.45, 7) is 9.22. The second-order valence-corrected chi connectivity index (χ2v) is 3.02. The highest BCUT2D eigenvalue weighted by atomic mass is 15.0. The van der Waals surface area contributed by atoms with E-state index in [1.165, 1.54) is 11.1 Å². The van der Waals surface area contributed by atoms with Crippen LogP contribution in [0.15, 0.2) is 24.5 Å². The molecule has 0 saturated carbocycles. The standard InChI is InChI=1S/C10H12N2.C2H6/c1-3-12-5-4-9-10(12)6-8(2)7-11-9;1-2/h4-7H,3H2,1-2H3;1-2H3. The highest BCUT2D eigenvalue weighted by Gasteiger charge is 1.99. The van der Waals surface area contributed by atoms with E-state index in [9.17, 15) is 0 Å². The van der Waals surface area contributed by atoms with Gasteiger partial charge in [-0.1, -0.05) is 13.8 Å². The molecule has 0 aliphatic heterocycles. The van der Waals surface area contributed by atoms with Gasteiger partial charge in [0.1, 0.15) is 0 Å². The van der Waals surface area contributed by atoms with Gasteiger partial charge in [-0.25, -0.2) is 0 Å². The third kappa shape index (κ3) is 1.95. The van der Waals surface area contributed by atoms with Crippen molar-refractivity contribution in [3.05, 3.63) is 30.1 Å². The summed E-state index contributed by atoms with van der Waals surface area (Å²) in [4.78, 5) is 4.33. The number of pyridine rings is 1. The van der Waals surface area contributed by atoms with Crippen LogP contribution >= 0.6 is 0 Å². The van der Waals surface area contributed by atoms with Crippen molar-refractivity contribution < 1.29 is 0 Å². The van der Waals surface area contributed by atoms with Crippen LogP contribution in [-0.2, 0) is 6.54 Å². The molecule has 2 aromatic rings. The topological polar surface area (TPSA) is 17.8 Å². The van der Waals surface area contributed by atoms with Crippen LogP contribution in [0.2, 0.25) is 0 Å². The average molecular weight is 190 g/mol. The summed E-state index contributed by atoms with van der Waals surface area (Å²) in [5.41, 5.74) is 3.54. The van der Waals surface area contributed by atoms with Gasteiger partial charge in [-0.2, -0.15) is 0 Å². The zero-order valence-corrected chi connectivity index (χ0v) is 9.41. The third-order valence-corrected chi connectivity index (χ3v) is 2.10. The molecule has 0 aromatic carbocycles. The molecule has 0 N–H and O–H groups in total. The Morgan fingerprint density at radius 3 is 2.71 bits per heavy atom. The number of rotatable bonds is 1. The molecule has 0 saturated heterocycles. The largest absolute Gasteiger partial charge is 0.346 e. The lowest BCUT2D eigenvalue weighted by molar-refractivity contribution is 0.797. The van der Waals surface area contributed by atoms with Gasteiger partial charge in [0.05, 0.1) is 11.0 Å². The van der Waals surface area contributed by atoms with Crippen molar-refractivity contribution in [2.45, 2.75) is 34.2 Å². The first-order chi connectivity index (χ1) is 6.81. The summed E-state index contributed by atoms with van der Waals surface area (Å²) in [5, 5.41) is 0. The summed E-state index contributed by atoms with van der Waals surface area (Å²) in [6.07, 6.45) is 3.99. The SMILES string of the molecule is CC.CCn1ccc2ncc(C)cc21. The Morgan fingerprint density at radius 1 is 1.36 bits per heavy atom. The highest BCUT2D eigenvalue weighted by molar-refractivity contribution is 5.76. The number of nitrogens with zero attached hydrogens (tertiary/aromatic N) is 2. The van der Waals surface area contributed by atoms with Crippen LogP contribution in [0.1, 0.15) is 26.3 Å². The van der Waals surface area contributed by atoms with E-state index < -0.39 is 0 Å². The van der Waals surface area contributed by atoms with E-state index in [2.05, 4.69) is 41.7 Å². The van der Waals surface area contributed by atoms with Crippen LogP contribution in [0.3, 0.4) is 0 Å². The maximum absolute atomic E-state index is 4.33. The molecule has 0 bridgehead atoms. The Kier molecular flexibility index (Phi) is 3.69. The monoisotopic (exact) mass is 190 g/mol. The fourth-order valence-corrected chi connectivity index (χ4v) is 1.44. The molecule has 76 valence electrons. The number of aromatic nitrogens is 2. The first kappa shape index (κ1) is 10.8. The number of hydrogen-bond donors (Lipinski definition) is 0. The molecule has 0 amide bonds. The number of fused-ring (bicyclic) bond motifs is 1. The van der Waals surface area contributed by atoms with Crippen molar-refractivity contribution in [2.75, 3.05) is 0 Å². The Bertz CT molecular complexity index is 402. The minimum absolute atomic E-state index is 1.01. The molecule has 0 fully saturated rings. The molecule has 2 heteroatoms. The van der Waals surface area contributed by atoms with Crippen LogP contribution in [-0.4, -0.2) is 9.55 Å². The van der Waals surface area contributed by atoms with Crippen LogP contribution < -0.4 is 0 Å². The zero-order chi connectivity index (χ0) is 10.6. The fraction of sp³-hybridized carbons (Fsp3) is 0.417. The second kappa shape index (κ2) is 4.80. The summed E-state index contributed by atoms with van der Waals surface area (Å²) in [5.74, 6) is 0. The van der Waals surface area contributed by atoms with Gasteiger partial charge >= 0.3 is 0 Å². The lowest BCUT2D eigenvalue weighted by Crippen LogP contribution is -1.91. The van der Waals surface area contributed by atoms with Crippen molar-refractivity contribution in [1.29, 1.82) is 0 Å². The molecular weight excluding hydrogens is 172 g/mol. The van der Waals surface area contributed by atoms with E-state index in [4.69, 9.17) is 0 Å². The Balaban J connectivity index is 0.000000461. The average Bonchev–Trinajstić information content (AvgIpc) is 2.63. The van der Waals surface area contributed by atoms with E-state index in [0.29, 0.717) is 0 Å². The van der Waals surface area contributed by atoms with Crippen LogP contribution in [0.4, 0.5) is 0 Å². The molecule has 0 aliphatic carbocycles. The summed E-state index contributed by atoms with van der Waals surface area (Å²) in [6, 6.07) is 4.23. The predicted octanol–water partition coefficient (Wildman–Crippen LogP) is 3.39. The minimum atomic E-state index is 1.01. The molecule has 14 heavy (non-hydrogen) atoms. The van der Waals surface area contributed by atoms with E-state index >= 15 is 0 Å². The van der Waals surface area contributed by atoms with Gasteiger partial charge in [0.25, 0.3) is 0 Å². The van der Waals surface area contributed by atoms with Crippen molar-refractivity contribution in [3.63, 3.8) is 0 Å². The fourth-order valence-electron chi connectivity index (χ4n) is 1.44. The quantitative estimate of drug-likeness (QED) is 0.674. The third-order valence-electron chi connectivity index (χ3n) is 2.10. The summed E-state index contributed by atoms with van der Waals surface area (Å²) < 4.78 is 2.20. The van der Waals surface area contributed by atoms with Crippen molar-refractivity contribution in [3.8, 4) is 0 Å². The Hall–Kier alpha value is -1.31. The van der Waals surface area contributed by atoms with Gasteiger partial charge < -0.3 is 4.57 Å². The van der Waals surface area contributed by atoms with E-state index in [0.717, 1.165) is 12.1 Å². The minimum Gasteiger partial charge on any atom is -0.346 e. The smallest absolute Gasteiger partial charge is 0.0881 e. The first-order valence-electron chi connectivity index (χ1n) is 5.22. The summed E-state index contributed by atoms with van der Waals surface area (Å²) >= 11 is 0. The molecule has 2 heterocycles. The molecule has 0 atom stereocenters. The normalized spacial score (nSPS) is 9.71. The molecular formula is C12H18N2. The predicted molar refractivity (Wildman–Crippen MR) is 61.5 cm³/mol. The van der Waals surface area contributed by atoms with E-state index in [1.807, 2.05) is 20.0 Å². The zero-order valence-electron chi connectivity index (χ0n) is 9.41. The number of hydrogen-bond acceptors (Lipinski definition) is 1. The van der Waals surface area contributed by atoms with Gasteiger partial charge in [0, 0.05) is 18.9 Å². The van der Waals surface area contributed by atoms with Crippen molar-refractivity contribution >= 4 is 11.0 Å². The molecule has 0 spiro atoms. The molecule has 0 radical (unpaired) electrons. The first-order valence-corrected chi connectivity index (χ1v) is 5.22. The Labute approximate surface area is 85.6 Å². The van der Waals surface area contributed by atoms with Gasteiger partial charge in [-0.15, -0.1) is 0 Å². The second-order valence-electron chi connectivity index (χ2n) is 3.02. The van der Waals surface area contributed by atoms with Crippen molar-refractivity contribution in [1.82, 2.24) is 9.55 Å². The molecule has 0 unspecified atom stereocenters. The van der Waals surface area contributed by atoms with Crippen LogP contribution in [0.5, 0.6) is 0 Å². The lowest BCUT2D eigenvalue weighted by atomic mass is 10.3. The maximum atomic E-state index is 4.33.